The zero-order chi connectivity index (χ0) is 19.9. The minimum atomic E-state index is -0.613. The summed E-state index contributed by atoms with van der Waals surface area (Å²) in [6.07, 6.45) is 1.33. The maximum Gasteiger partial charge on any atom is 0.341 e. The Labute approximate surface area is 164 Å². The molecule has 3 rings (SSSR count). The molecule has 2 aromatic heterocycles. The maximum absolute atomic E-state index is 12.3. The SMILES string of the molecule is CCOC(=O)c1ccoc1COC(=O)c1cccc(NC(=O)c2cccs2)c1. The van der Waals surface area contributed by atoms with Crippen LogP contribution in [-0.2, 0) is 16.1 Å². The van der Waals surface area contributed by atoms with Gasteiger partial charge in [0, 0.05) is 5.69 Å². The Hall–Kier alpha value is -3.39. The highest BCUT2D eigenvalue weighted by Gasteiger charge is 2.18. The summed E-state index contributed by atoms with van der Waals surface area (Å²) < 4.78 is 15.3. The zero-order valence-corrected chi connectivity index (χ0v) is 15.8. The van der Waals surface area contributed by atoms with Crippen LogP contribution in [0.15, 0.2) is 58.5 Å². The van der Waals surface area contributed by atoms with Gasteiger partial charge in [-0.15, -0.1) is 11.3 Å². The average Bonchev–Trinajstić information content (AvgIpc) is 3.38. The number of hydrogen-bond donors (Lipinski definition) is 1. The Morgan fingerprint density at radius 1 is 1.07 bits per heavy atom. The van der Waals surface area contributed by atoms with Crippen LogP contribution in [0, 0.1) is 0 Å². The van der Waals surface area contributed by atoms with Gasteiger partial charge < -0.3 is 19.2 Å². The number of carbonyl (C=O) groups is 3. The Morgan fingerprint density at radius 3 is 2.68 bits per heavy atom. The molecule has 0 aliphatic heterocycles. The van der Waals surface area contributed by atoms with E-state index in [-0.39, 0.29) is 36.0 Å². The summed E-state index contributed by atoms with van der Waals surface area (Å²) in [6.45, 7) is 1.71. The Balaban J connectivity index is 1.63. The van der Waals surface area contributed by atoms with Crippen LogP contribution in [-0.4, -0.2) is 24.5 Å². The van der Waals surface area contributed by atoms with E-state index in [0.29, 0.717) is 10.6 Å². The van der Waals surface area contributed by atoms with Crippen LogP contribution in [0.1, 0.15) is 43.1 Å². The lowest BCUT2D eigenvalue weighted by atomic mass is 10.2. The van der Waals surface area contributed by atoms with Gasteiger partial charge in [-0.2, -0.15) is 0 Å². The van der Waals surface area contributed by atoms with Crippen molar-refractivity contribution < 1.29 is 28.3 Å². The minimum Gasteiger partial charge on any atom is -0.465 e. The molecule has 0 aliphatic carbocycles. The molecule has 0 aliphatic rings. The van der Waals surface area contributed by atoms with E-state index < -0.39 is 11.9 Å². The van der Waals surface area contributed by atoms with Gasteiger partial charge in [0.05, 0.1) is 23.3 Å². The molecule has 0 unspecified atom stereocenters. The lowest BCUT2D eigenvalue weighted by Crippen LogP contribution is -2.12. The van der Waals surface area contributed by atoms with Crippen molar-refractivity contribution in [3.05, 3.63) is 75.9 Å². The summed E-state index contributed by atoms with van der Waals surface area (Å²) in [7, 11) is 0. The number of nitrogens with one attached hydrogen (secondary N) is 1. The first kappa shape index (κ1) is 19.4. The molecule has 0 radical (unpaired) electrons. The maximum atomic E-state index is 12.3. The highest BCUT2D eigenvalue weighted by atomic mass is 32.1. The van der Waals surface area contributed by atoms with Gasteiger partial charge in [0.15, 0.2) is 12.4 Å². The molecule has 0 spiro atoms. The fourth-order valence-electron chi connectivity index (χ4n) is 2.38. The van der Waals surface area contributed by atoms with Gasteiger partial charge >= 0.3 is 11.9 Å². The summed E-state index contributed by atoms with van der Waals surface area (Å²) in [6, 6.07) is 11.3. The number of esters is 2. The van der Waals surface area contributed by atoms with Crippen molar-refractivity contribution in [2.75, 3.05) is 11.9 Å². The number of ether oxygens (including phenoxy) is 2. The number of anilines is 1. The van der Waals surface area contributed by atoms with Gasteiger partial charge in [0.1, 0.15) is 5.56 Å². The van der Waals surface area contributed by atoms with Crippen molar-refractivity contribution in [1.82, 2.24) is 0 Å². The lowest BCUT2D eigenvalue weighted by molar-refractivity contribution is 0.0423. The van der Waals surface area contributed by atoms with Crippen molar-refractivity contribution in [2.45, 2.75) is 13.5 Å². The van der Waals surface area contributed by atoms with Crippen molar-refractivity contribution in [3.8, 4) is 0 Å². The van der Waals surface area contributed by atoms with Crippen LogP contribution < -0.4 is 5.32 Å². The summed E-state index contributed by atoms with van der Waals surface area (Å²) in [5.74, 6) is -1.21. The average molecular weight is 399 g/mol. The van der Waals surface area contributed by atoms with Crippen molar-refractivity contribution >= 4 is 34.9 Å². The van der Waals surface area contributed by atoms with Crippen molar-refractivity contribution in [2.24, 2.45) is 0 Å². The fourth-order valence-corrected chi connectivity index (χ4v) is 3.00. The second-order valence-electron chi connectivity index (χ2n) is 5.57. The molecule has 28 heavy (non-hydrogen) atoms. The highest BCUT2D eigenvalue weighted by Crippen LogP contribution is 2.17. The standard InChI is InChI=1S/C20H17NO6S/c1-2-25-20(24)15-8-9-26-16(15)12-27-19(23)13-5-3-6-14(11-13)21-18(22)17-7-4-10-28-17/h3-11H,2,12H2,1H3,(H,21,22). The first-order valence-electron chi connectivity index (χ1n) is 8.44. The molecule has 0 fully saturated rings. The van der Waals surface area contributed by atoms with Crippen LogP contribution in [0.5, 0.6) is 0 Å². The van der Waals surface area contributed by atoms with E-state index in [0.717, 1.165) is 0 Å². The Morgan fingerprint density at radius 2 is 1.93 bits per heavy atom. The Kier molecular flexibility index (Phi) is 6.23. The quantitative estimate of drug-likeness (QED) is 0.601. The van der Waals surface area contributed by atoms with Gasteiger partial charge in [-0.3, -0.25) is 4.79 Å². The number of amides is 1. The molecule has 144 valence electrons. The van der Waals surface area contributed by atoms with Gasteiger partial charge in [-0.1, -0.05) is 12.1 Å². The first-order chi connectivity index (χ1) is 13.6. The summed E-state index contributed by atoms with van der Waals surface area (Å²) in [5.41, 5.74) is 0.942. The van der Waals surface area contributed by atoms with Gasteiger partial charge in [0.25, 0.3) is 5.91 Å². The van der Waals surface area contributed by atoms with Crippen LogP contribution in [0.3, 0.4) is 0 Å². The third-order valence-corrected chi connectivity index (χ3v) is 4.54. The molecule has 0 bridgehead atoms. The molecular formula is C20H17NO6S. The van der Waals surface area contributed by atoms with Gasteiger partial charge in [-0.25, -0.2) is 9.59 Å². The van der Waals surface area contributed by atoms with Crippen LogP contribution in [0.2, 0.25) is 0 Å². The van der Waals surface area contributed by atoms with E-state index in [2.05, 4.69) is 5.32 Å². The smallest absolute Gasteiger partial charge is 0.341 e. The monoisotopic (exact) mass is 399 g/mol. The molecule has 1 aromatic carbocycles. The summed E-state index contributed by atoms with van der Waals surface area (Å²) >= 11 is 1.32. The zero-order valence-electron chi connectivity index (χ0n) is 15.0. The number of rotatable bonds is 7. The molecule has 0 atom stereocenters. The second-order valence-corrected chi connectivity index (χ2v) is 6.51. The van der Waals surface area contributed by atoms with Crippen LogP contribution in [0.25, 0.3) is 0 Å². The number of benzene rings is 1. The second kappa shape index (κ2) is 9.01. The fraction of sp³-hybridized carbons (Fsp3) is 0.150. The topological polar surface area (TPSA) is 94.8 Å². The van der Waals surface area contributed by atoms with Crippen LogP contribution >= 0.6 is 11.3 Å². The largest absolute Gasteiger partial charge is 0.465 e. The van der Waals surface area contributed by atoms with Crippen LogP contribution in [0.4, 0.5) is 5.69 Å². The molecule has 0 saturated carbocycles. The summed E-state index contributed by atoms with van der Waals surface area (Å²) in [5, 5.41) is 4.54. The van der Waals surface area contributed by atoms with E-state index in [1.165, 1.54) is 29.7 Å². The van der Waals surface area contributed by atoms with Crippen molar-refractivity contribution in [1.29, 1.82) is 0 Å². The number of carbonyl (C=O) groups excluding carboxylic acids is 3. The predicted molar refractivity (Wildman–Crippen MR) is 102 cm³/mol. The molecule has 0 saturated heterocycles. The van der Waals surface area contributed by atoms with Gasteiger partial charge in [-0.05, 0) is 42.6 Å². The predicted octanol–water partition coefficient (Wildman–Crippen LogP) is 4.13. The third-order valence-electron chi connectivity index (χ3n) is 3.68. The number of thiophene rings is 1. The Bertz CT molecular complexity index is 976. The molecule has 3 aromatic rings. The normalized spacial score (nSPS) is 10.3. The first-order valence-corrected chi connectivity index (χ1v) is 9.32. The molecule has 2 heterocycles. The number of hydrogen-bond acceptors (Lipinski definition) is 7. The third kappa shape index (κ3) is 4.66. The molecule has 7 nitrogen and oxygen atoms in total. The van der Waals surface area contributed by atoms with E-state index in [1.54, 1.807) is 37.3 Å². The van der Waals surface area contributed by atoms with E-state index in [1.807, 2.05) is 5.38 Å². The van der Waals surface area contributed by atoms with Crippen molar-refractivity contribution in [3.63, 3.8) is 0 Å². The van der Waals surface area contributed by atoms with Gasteiger partial charge in [0.2, 0.25) is 0 Å². The highest BCUT2D eigenvalue weighted by molar-refractivity contribution is 7.12. The van der Waals surface area contributed by atoms with E-state index >= 15 is 0 Å². The van der Waals surface area contributed by atoms with E-state index in [9.17, 15) is 14.4 Å². The minimum absolute atomic E-state index is 0.203. The molecule has 8 heteroatoms. The molecular weight excluding hydrogens is 382 g/mol. The van der Waals surface area contributed by atoms with E-state index in [4.69, 9.17) is 13.9 Å². The summed E-state index contributed by atoms with van der Waals surface area (Å²) in [4.78, 5) is 36.8. The molecule has 1 N–H and O–H groups in total. The number of furan rings is 1. The lowest BCUT2D eigenvalue weighted by Gasteiger charge is -2.07. The molecule has 1 amide bonds.